The Balaban J connectivity index is 2.90. The van der Waals surface area contributed by atoms with E-state index in [9.17, 15) is 18.3 Å². The highest BCUT2D eigenvalue weighted by Crippen LogP contribution is 2.31. The van der Waals surface area contributed by atoms with Gasteiger partial charge in [-0.1, -0.05) is 17.7 Å². The number of hydrogen-bond acceptors (Lipinski definition) is 3. The largest absolute Gasteiger partial charge is 0.433 e. The summed E-state index contributed by atoms with van der Waals surface area (Å²) in [7, 11) is 0. The second-order valence-corrected chi connectivity index (χ2v) is 4.72. The molecule has 0 bridgehead atoms. The van der Waals surface area contributed by atoms with Crippen LogP contribution in [0.15, 0.2) is 12.1 Å². The molecule has 0 spiro atoms. The van der Waals surface area contributed by atoms with Crippen molar-refractivity contribution in [3.05, 3.63) is 28.5 Å². The summed E-state index contributed by atoms with van der Waals surface area (Å²) >= 11 is 7.17. The van der Waals surface area contributed by atoms with Crippen LogP contribution in [0.3, 0.4) is 0 Å². The lowest BCUT2D eigenvalue weighted by atomic mass is 10.1. The number of nitrogens with zero attached hydrogens (tertiary/aromatic N) is 1. The smallest absolute Gasteiger partial charge is 0.388 e. The SMILES string of the molecule is CSCCC(O)c1ccc(C(F)(F)F)nc1Cl. The fraction of sp³-hybridized carbons (Fsp3) is 0.500. The molecule has 1 atom stereocenters. The Labute approximate surface area is 106 Å². The summed E-state index contributed by atoms with van der Waals surface area (Å²) in [5.74, 6) is 0.693. The van der Waals surface area contributed by atoms with Crippen LogP contribution in [0.5, 0.6) is 0 Å². The highest BCUT2D eigenvalue weighted by Gasteiger charge is 2.33. The van der Waals surface area contributed by atoms with Gasteiger partial charge in [0.15, 0.2) is 0 Å². The van der Waals surface area contributed by atoms with Crippen molar-refractivity contribution in [2.24, 2.45) is 0 Å². The molecule has 0 saturated carbocycles. The molecule has 0 saturated heterocycles. The van der Waals surface area contributed by atoms with Gasteiger partial charge >= 0.3 is 6.18 Å². The fourth-order valence-electron chi connectivity index (χ4n) is 1.24. The van der Waals surface area contributed by atoms with Gasteiger partial charge in [-0.2, -0.15) is 24.9 Å². The Kier molecular flexibility index (Phi) is 5.09. The standard InChI is InChI=1S/C10H11ClF3NOS/c1-17-5-4-7(16)6-2-3-8(10(12,13)14)15-9(6)11/h2-3,7,16H,4-5H2,1H3. The zero-order valence-electron chi connectivity index (χ0n) is 8.96. The number of alkyl halides is 3. The summed E-state index contributed by atoms with van der Waals surface area (Å²) in [6.45, 7) is 0. The van der Waals surface area contributed by atoms with Gasteiger partial charge in [-0.3, -0.25) is 0 Å². The van der Waals surface area contributed by atoms with E-state index in [-0.39, 0.29) is 10.7 Å². The molecule has 0 aliphatic carbocycles. The van der Waals surface area contributed by atoms with E-state index in [1.807, 2.05) is 6.26 Å². The molecule has 17 heavy (non-hydrogen) atoms. The van der Waals surface area contributed by atoms with E-state index in [2.05, 4.69) is 4.98 Å². The summed E-state index contributed by atoms with van der Waals surface area (Å²) in [4.78, 5) is 3.25. The summed E-state index contributed by atoms with van der Waals surface area (Å²) < 4.78 is 36.9. The van der Waals surface area contributed by atoms with E-state index < -0.39 is 18.0 Å². The van der Waals surface area contributed by atoms with Crippen LogP contribution >= 0.6 is 23.4 Å². The minimum Gasteiger partial charge on any atom is -0.388 e. The van der Waals surface area contributed by atoms with Crippen LogP contribution in [-0.4, -0.2) is 22.1 Å². The van der Waals surface area contributed by atoms with Crippen LogP contribution in [0.25, 0.3) is 0 Å². The number of aliphatic hydroxyl groups excluding tert-OH is 1. The van der Waals surface area contributed by atoms with E-state index in [4.69, 9.17) is 11.6 Å². The lowest BCUT2D eigenvalue weighted by Gasteiger charge is -2.13. The maximum atomic E-state index is 12.3. The molecule has 0 aliphatic heterocycles. The van der Waals surface area contributed by atoms with Gasteiger partial charge in [-0.25, -0.2) is 4.98 Å². The normalized spacial score (nSPS) is 13.8. The maximum Gasteiger partial charge on any atom is 0.433 e. The summed E-state index contributed by atoms with van der Waals surface area (Å²) in [6, 6.07) is 1.99. The third-order valence-electron chi connectivity index (χ3n) is 2.12. The van der Waals surface area contributed by atoms with Gasteiger partial charge in [0.1, 0.15) is 10.8 Å². The Bertz CT molecular complexity index is 386. The van der Waals surface area contributed by atoms with Crippen molar-refractivity contribution < 1.29 is 18.3 Å². The van der Waals surface area contributed by atoms with Gasteiger partial charge in [-0.05, 0) is 24.5 Å². The van der Waals surface area contributed by atoms with Gasteiger partial charge < -0.3 is 5.11 Å². The molecule has 1 N–H and O–H groups in total. The summed E-state index contributed by atoms with van der Waals surface area (Å²) in [6.07, 6.45) is -3.11. The quantitative estimate of drug-likeness (QED) is 0.859. The van der Waals surface area contributed by atoms with E-state index in [1.54, 1.807) is 0 Å². The zero-order chi connectivity index (χ0) is 13.1. The van der Waals surface area contributed by atoms with E-state index in [1.165, 1.54) is 17.8 Å². The highest BCUT2D eigenvalue weighted by atomic mass is 35.5. The number of aromatic nitrogens is 1. The minimum absolute atomic E-state index is 0.230. The Hall–Kier alpha value is -0.460. The average molecular weight is 286 g/mol. The molecule has 96 valence electrons. The number of thioether (sulfide) groups is 1. The Morgan fingerprint density at radius 1 is 1.47 bits per heavy atom. The number of halogens is 4. The molecule has 0 aromatic carbocycles. The number of hydrogen-bond donors (Lipinski definition) is 1. The third-order valence-corrected chi connectivity index (χ3v) is 3.07. The molecule has 1 aromatic heterocycles. The molecule has 1 heterocycles. The van der Waals surface area contributed by atoms with Crippen LogP contribution in [0.4, 0.5) is 13.2 Å². The van der Waals surface area contributed by atoms with Crippen molar-refractivity contribution in [2.75, 3.05) is 12.0 Å². The van der Waals surface area contributed by atoms with Crippen molar-refractivity contribution in [1.29, 1.82) is 0 Å². The van der Waals surface area contributed by atoms with E-state index in [0.717, 1.165) is 6.07 Å². The first kappa shape index (κ1) is 14.6. The molecule has 7 heteroatoms. The summed E-state index contributed by atoms with van der Waals surface area (Å²) in [5.41, 5.74) is -0.822. The Morgan fingerprint density at radius 3 is 2.59 bits per heavy atom. The number of rotatable bonds is 4. The van der Waals surface area contributed by atoms with E-state index in [0.29, 0.717) is 12.2 Å². The van der Waals surface area contributed by atoms with Gasteiger partial charge in [0.05, 0.1) is 6.10 Å². The first-order valence-corrected chi connectivity index (χ1v) is 6.54. The Morgan fingerprint density at radius 2 is 2.12 bits per heavy atom. The van der Waals surface area contributed by atoms with Crippen LogP contribution in [0.2, 0.25) is 5.15 Å². The first-order valence-electron chi connectivity index (χ1n) is 4.77. The van der Waals surface area contributed by atoms with E-state index >= 15 is 0 Å². The number of pyridine rings is 1. The van der Waals surface area contributed by atoms with Crippen molar-refractivity contribution in [2.45, 2.75) is 18.7 Å². The molecule has 1 rings (SSSR count). The maximum absolute atomic E-state index is 12.3. The fourth-order valence-corrected chi connectivity index (χ4v) is 1.98. The topological polar surface area (TPSA) is 33.1 Å². The van der Waals surface area contributed by atoms with Gasteiger partial charge in [0, 0.05) is 5.56 Å². The van der Waals surface area contributed by atoms with Crippen molar-refractivity contribution >= 4 is 23.4 Å². The molecule has 1 aromatic rings. The van der Waals surface area contributed by atoms with Crippen molar-refractivity contribution in [1.82, 2.24) is 4.98 Å². The molecular formula is C10H11ClF3NOS. The van der Waals surface area contributed by atoms with Crippen LogP contribution in [0.1, 0.15) is 23.8 Å². The van der Waals surface area contributed by atoms with Crippen LogP contribution in [0, 0.1) is 0 Å². The van der Waals surface area contributed by atoms with Gasteiger partial charge in [0.25, 0.3) is 0 Å². The lowest BCUT2D eigenvalue weighted by Crippen LogP contribution is -2.10. The van der Waals surface area contributed by atoms with Crippen LogP contribution in [-0.2, 0) is 6.18 Å². The summed E-state index contributed by atoms with van der Waals surface area (Å²) in [5, 5.41) is 9.41. The average Bonchev–Trinajstić information content (AvgIpc) is 2.24. The van der Waals surface area contributed by atoms with Crippen LogP contribution < -0.4 is 0 Å². The third kappa shape index (κ3) is 4.04. The molecule has 1 unspecified atom stereocenters. The second-order valence-electron chi connectivity index (χ2n) is 3.37. The van der Waals surface area contributed by atoms with Crippen molar-refractivity contribution in [3.8, 4) is 0 Å². The van der Waals surface area contributed by atoms with Gasteiger partial charge in [0.2, 0.25) is 0 Å². The molecule has 0 amide bonds. The first-order chi connectivity index (χ1) is 7.86. The molecule has 0 fully saturated rings. The second kappa shape index (κ2) is 5.93. The molecule has 0 aliphatic rings. The monoisotopic (exact) mass is 285 g/mol. The molecule has 0 radical (unpaired) electrons. The highest BCUT2D eigenvalue weighted by molar-refractivity contribution is 7.98. The zero-order valence-corrected chi connectivity index (χ0v) is 10.5. The van der Waals surface area contributed by atoms with Gasteiger partial charge in [-0.15, -0.1) is 0 Å². The number of aliphatic hydroxyl groups is 1. The predicted octanol–water partition coefficient (Wildman–Crippen LogP) is 3.54. The lowest BCUT2D eigenvalue weighted by molar-refractivity contribution is -0.141. The van der Waals surface area contributed by atoms with Crippen molar-refractivity contribution in [3.63, 3.8) is 0 Å². The minimum atomic E-state index is -4.52. The molecular weight excluding hydrogens is 275 g/mol. The predicted molar refractivity (Wildman–Crippen MR) is 62.2 cm³/mol. The molecule has 2 nitrogen and oxygen atoms in total.